The first kappa shape index (κ1) is 18.2. The molecule has 0 aromatic heterocycles. The van der Waals surface area contributed by atoms with Crippen molar-refractivity contribution in [1.29, 1.82) is 0 Å². The molecule has 2 rings (SSSR count). The lowest BCUT2D eigenvalue weighted by Crippen LogP contribution is -2.29. The van der Waals surface area contributed by atoms with Crippen LogP contribution in [-0.4, -0.2) is 32.1 Å². The Morgan fingerprint density at radius 3 is 2.04 bits per heavy atom. The van der Waals surface area contributed by atoms with Gasteiger partial charge in [0.25, 0.3) is 0 Å². The van der Waals surface area contributed by atoms with Gasteiger partial charge in [-0.1, -0.05) is 24.3 Å². The first-order valence-corrected chi connectivity index (χ1v) is 7.60. The van der Waals surface area contributed by atoms with Gasteiger partial charge in [-0.15, -0.1) is 0 Å². The molecule has 6 heteroatoms. The number of hydrogen-bond acceptors (Lipinski definition) is 5. The quantitative estimate of drug-likeness (QED) is 0.782. The van der Waals surface area contributed by atoms with Crippen LogP contribution >= 0.6 is 0 Å². The van der Waals surface area contributed by atoms with Gasteiger partial charge in [0.2, 0.25) is 5.91 Å². The van der Waals surface area contributed by atoms with E-state index in [0.717, 1.165) is 5.56 Å². The van der Waals surface area contributed by atoms with Crippen molar-refractivity contribution in [3.63, 3.8) is 0 Å². The second kappa shape index (κ2) is 8.10. The highest BCUT2D eigenvalue weighted by Crippen LogP contribution is 2.23. The molecule has 2 aromatic carbocycles. The summed E-state index contributed by atoms with van der Waals surface area (Å²) >= 11 is 0. The van der Waals surface area contributed by atoms with Gasteiger partial charge in [0.15, 0.2) is 0 Å². The summed E-state index contributed by atoms with van der Waals surface area (Å²) in [5, 5.41) is 0. The van der Waals surface area contributed by atoms with Crippen molar-refractivity contribution in [3.05, 3.63) is 65.2 Å². The molecule has 0 fully saturated rings. The highest BCUT2D eigenvalue weighted by molar-refractivity contribution is 6.01. The van der Waals surface area contributed by atoms with Gasteiger partial charge in [-0.25, -0.2) is 9.59 Å². The van der Waals surface area contributed by atoms with E-state index in [2.05, 4.69) is 4.74 Å². The fourth-order valence-electron chi connectivity index (χ4n) is 2.40. The summed E-state index contributed by atoms with van der Waals surface area (Å²) in [5.74, 6) is -1.15. The van der Waals surface area contributed by atoms with E-state index in [4.69, 9.17) is 4.74 Å². The van der Waals surface area contributed by atoms with Crippen LogP contribution in [-0.2, 0) is 20.8 Å². The topological polar surface area (TPSA) is 72.9 Å². The van der Waals surface area contributed by atoms with Crippen molar-refractivity contribution < 1.29 is 23.9 Å². The van der Waals surface area contributed by atoms with Crippen LogP contribution in [0.4, 0.5) is 5.69 Å². The molecule has 0 atom stereocenters. The lowest BCUT2D eigenvalue weighted by molar-refractivity contribution is -0.116. The third kappa shape index (κ3) is 4.23. The minimum Gasteiger partial charge on any atom is -0.465 e. The number of hydrogen-bond donors (Lipinski definition) is 0. The zero-order chi connectivity index (χ0) is 18.4. The predicted molar refractivity (Wildman–Crippen MR) is 92.4 cm³/mol. The van der Waals surface area contributed by atoms with Gasteiger partial charge >= 0.3 is 11.9 Å². The highest BCUT2D eigenvalue weighted by Gasteiger charge is 2.20. The van der Waals surface area contributed by atoms with Crippen molar-refractivity contribution in [2.45, 2.75) is 13.5 Å². The molecule has 6 nitrogen and oxygen atoms in total. The van der Waals surface area contributed by atoms with Crippen LogP contribution < -0.4 is 4.90 Å². The van der Waals surface area contributed by atoms with Gasteiger partial charge < -0.3 is 14.4 Å². The molecule has 130 valence electrons. The van der Waals surface area contributed by atoms with Gasteiger partial charge in [0.05, 0.1) is 37.6 Å². The van der Waals surface area contributed by atoms with Crippen LogP contribution in [0.15, 0.2) is 48.5 Å². The minimum atomic E-state index is -0.511. The maximum Gasteiger partial charge on any atom is 0.339 e. The van der Waals surface area contributed by atoms with Crippen molar-refractivity contribution in [2.24, 2.45) is 0 Å². The number of methoxy groups -OCH3 is 2. The summed E-state index contributed by atoms with van der Waals surface area (Å²) in [6.45, 7) is 1.68. The third-order valence-corrected chi connectivity index (χ3v) is 3.70. The smallest absolute Gasteiger partial charge is 0.339 e. The summed E-state index contributed by atoms with van der Waals surface area (Å²) in [4.78, 5) is 37.1. The third-order valence-electron chi connectivity index (χ3n) is 3.70. The Morgan fingerprint density at radius 2 is 1.48 bits per heavy atom. The van der Waals surface area contributed by atoms with Crippen LogP contribution in [0.3, 0.4) is 0 Å². The molecule has 0 aliphatic carbocycles. The average molecular weight is 341 g/mol. The Hall–Kier alpha value is -3.15. The molecule has 0 saturated heterocycles. The molecule has 0 unspecified atom stereocenters. The molecule has 0 saturated carbocycles. The van der Waals surface area contributed by atoms with Gasteiger partial charge in [-0.2, -0.15) is 0 Å². The Bertz CT molecular complexity index is 783. The molecule has 25 heavy (non-hydrogen) atoms. The molecule has 0 bridgehead atoms. The van der Waals surface area contributed by atoms with Crippen LogP contribution in [0.25, 0.3) is 0 Å². The van der Waals surface area contributed by atoms with Crippen molar-refractivity contribution in [3.8, 4) is 0 Å². The number of ether oxygens (including phenoxy) is 2. The van der Waals surface area contributed by atoms with E-state index < -0.39 is 11.9 Å². The molecule has 0 N–H and O–H groups in total. The van der Waals surface area contributed by atoms with E-state index in [1.807, 2.05) is 0 Å². The zero-order valence-electron chi connectivity index (χ0n) is 14.3. The van der Waals surface area contributed by atoms with E-state index >= 15 is 0 Å². The normalized spacial score (nSPS) is 10.0. The number of nitrogens with zero attached hydrogens (tertiary/aromatic N) is 1. The number of esters is 2. The molecule has 2 aromatic rings. The number of benzene rings is 2. The number of carbonyl (C=O) groups is 3. The summed E-state index contributed by atoms with van der Waals surface area (Å²) in [5.41, 5.74) is 2.02. The minimum absolute atomic E-state index is 0.214. The van der Waals surface area contributed by atoms with Crippen molar-refractivity contribution >= 4 is 23.5 Å². The number of para-hydroxylation sites is 1. The first-order valence-electron chi connectivity index (χ1n) is 7.60. The van der Waals surface area contributed by atoms with Crippen molar-refractivity contribution in [2.75, 3.05) is 19.1 Å². The summed E-state index contributed by atoms with van der Waals surface area (Å²) in [7, 11) is 2.61. The van der Waals surface area contributed by atoms with Crippen LogP contribution in [0, 0.1) is 0 Å². The van der Waals surface area contributed by atoms with E-state index in [9.17, 15) is 14.4 Å². The van der Waals surface area contributed by atoms with E-state index in [-0.39, 0.29) is 12.5 Å². The van der Waals surface area contributed by atoms with Crippen LogP contribution in [0.1, 0.15) is 33.2 Å². The SMILES string of the molecule is COC(=O)c1ccc(CN(C(C)=O)c2ccccc2C(=O)OC)cc1. The Kier molecular flexibility index (Phi) is 5.89. The van der Waals surface area contributed by atoms with Crippen molar-refractivity contribution in [1.82, 2.24) is 0 Å². The van der Waals surface area contributed by atoms with Gasteiger partial charge in [-0.05, 0) is 29.8 Å². The molecule has 0 aliphatic heterocycles. The van der Waals surface area contributed by atoms with E-state index in [1.54, 1.807) is 48.5 Å². The van der Waals surface area contributed by atoms with Gasteiger partial charge in [0, 0.05) is 6.92 Å². The van der Waals surface area contributed by atoms with E-state index in [0.29, 0.717) is 16.8 Å². The molecular weight excluding hydrogens is 322 g/mol. The van der Waals surface area contributed by atoms with Crippen LogP contribution in [0.2, 0.25) is 0 Å². The fourth-order valence-corrected chi connectivity index (χ4v) is 2.40. The Labute approximate surface area is 146 Å². The average Bonchev–Trinajstić information content (AvgIpc) is 2.65. The number of carbonyl (C=O) groups excluding carboxylic acids is 3. The second-order valence-corrected chi connectivity index (χ2v) is 5.30. The number of anilines is 1. The lowest BCUT2D eigenvalue weighted by atomic mass is 10.1. The van der Waals surface area contributed by atoms with Gasteiger partial charge in [0.1, 0.15) is 0 Å². The molecule has 1 amide bonds. The maximum atomic E-state index is 12.1. The highest BCUT2D eigenvalue weighted by atomic mass is 16.5. The fraction of sp³-hybridized carbons (Fsp3) is 0.211. The number of amides is 1. The summed E-state index contributed by atoms with van der Waals surface area (Å²) in [6, 6.07) is 13.5. The monoisotopic (exact) mass is 341 g/mol. The second-order valence-electron chi connectivity index (χ2n) is 5.30. The molecule has 0 spiro atoms. The molecule has 0 aliphatic rings. The standard InChI is InChI=1S/C19H19NO5/c1-13(21)20(17-7-5-4-6-16(17)19(23)25-3)12-14-8-10-15(11-9-14)18(22)24-2/h4-11H,12H2,1-3H3. The molecular formula is C19H19NO5. The summed E-state index contributed by atoms with van der Waals surface area (Å²) in [6.07, 6.45) is 0. The number of rotatable bonds is 5. The predicted octanol–water partition coefficient (Wildman–Crippen LogP) is 2.81. The van der Waals surface area contributed by atoms with E-state index in [1.165, 1.54) is 26.0 Å². The maximum absolute atomic E-state index is 12.1. The molecule has 0 radical (unpaired) electrons. The zero-order valence-corrected chi connectivity index (χ0v) is 14.3. The van der Waals surface area contributed by atoms with Gasteiger partial charge in [-0.3, -0.25) is 4.79 Å². The molecule has 0 heterocycles. The first-order chi connectivity index (χ1) is 12.0. The Morgan fingerprint density at radius 1 is 0.880 bits per heavy atom. The summed E-state index contributed by atoms with van der Waals surface area (Å²) < 4.78 is 9.45. The Balaban J connectivity index is 2.33. The van der Waals surface area contributed by atoms with Crippen LogP contribution in [0.5, 0.6) is 0 Å². The largest absolute Gasteiger partial charge is 0.465 e. The lowest BCUT2D eigenvalue weighted by Gasteiger charge is -2.23.